The third-order valence-electron chi connectivity index (χ3n) is 5.94. The second-order valence-electron chi connectivity index (χ2n) is 8.30. The molecule has 0 radical (unpaired) electrons. The molecule has 0 amide bonds. The predicted molar refractivity (Wildman–Crippen MR) is 137 cm³/mol. The zero-order chi connectivity index (χ0) is 24.0. The molecule has 4 nitrogen and oxygen atoms in total. The second-order valence-corrected chi connectivity index (χ2v) is 9.96. The number of rotatable bonds is 4. The normalized spacial score (nSPS) is 16.3. The van der Waals surface area contributed by atoms with Gasteiger partial charge in [0.15, 0.2) is 5.76 Å². The first-order valence-electron chi connectivity index (χ1n) is 10.6. The monoisotopic (exact) mass is 533 g/mol. The molecule has 174 valence electrons. The van der Waals surface area contributed by atoms with Crippen LogP contribution in [0.1, 0.15) is 32.6 Å². The Hall–Kier alpha value is -2.21. The van der Waals surface area contributed by atoms with Gasteiger partial charge in [0.05, 0.1) is 21.2 Å². The number of carbonyl (C=O) groups excluding carboxylic acids is 1. The van der Waals surface area contributed by atoms with Crippen molar-refractivity contribution in [1.82, 2.24) is 4.90 Å². The van der Waals surface area contributed by atoms with Gasteiger partial charge in [0.25, 0.3) is 0 Å². The SMILES string of the molecule is Cc1cc2c(c3c1C(=O)/C(=C\c1ccc(Cl)c(Cl)c1)O3)CN(CCc1ccc(Cl)cc1Cl)CO2. The van der Waals surface area contributed by atoms with Crippen LogP contribution in [0.4, 0.5) is 0 Å². The third kappa shape index (κ3) is 4.53. The molecule has 2 aliphatic heterocycles. The van der Waals surface area contributed by atoms with Crippen LogP contribution >= 0.6 is 46.4 Å². The molecule has 0 atom stereocenters. The van der Waals surface area contributed by atoms with E-state index in [9.17, 15) is 4.79 Å². The van der Waals surface area contributed by atoms with Crippen LogP contribution in [0.2, 0.25) is 20.1 Å². The molecule has 0 aromatic heterocycles. The van der Waals surface area contributed by atoms with E-state index in [0.717, 1.165) is 41.0 Å². The first-order chi connectivity index (χ1) is 16.3. The van der Waals surface area contributed by atoms with Crippen molar-refractivity contribution < 1.29 is 14.3 Å². The number of benzene rings is 3. The molecule has 5 rings (SSSR count). The van der Waals surface area contributed by atoms with Gasteiger partial charge in [-0.05, 0) is 66.4 Å². The summed E-state index contributed by atoms with van der Waals surface area (Å²) < 4.78 is 12.1. The fourth-order valence-corrected chi connectivity index (χ4v) is 4.99. The zero-order valence-electron chi connectivity index (χ0n) is 18.1. The molecule has 0 fully saturated rings. The van der Waals surface area contributed by atoms with Gasteiger partial charge in [-0.1, -0.05) is 58.5 Å². The summed E-state index contributed by atoms with van der Waals surface area (Å²) in [6.07, 6.45) is 2.42. The number of aryl methyl sites for hydroxylation is 1. The number of allylic oxidation sites excluding steroid dienone is 1. The molecule has 0 N–H and O–H groups in total. The third-order valence-corrected chi connectivity index (χ3v) is 7.27. The Morgan fingerprint density at radius 3 is 2.59 bits per heavy atom. The number of fused-ring (bicyclic) bond motifs is 3. The number of carbonyl (C=O) groups is 1. The number of ether oxygens (including phenoxy) is 2. The summed E-state index contributed by atoms with van der Waals surface area (Å²) >= 11 is 24.5. The van der Waals surface area contributed by atoms with Gasteiger partial charge in [0, 0.05) is 23.1 Å². The maximum atomic E-state index is 13.2. The van der Waals surface area contributed by atoms with Crippen LogP contribution in [0.25, 0.3) is 6.08 Å². The molecule has 8 heteroatoms. The average molecular weight is 535 g/mol. The fraction of sp³-hybridized carbons (Fsp3) is 0.192. The van der Waals surface area contributed by atoms with Crippen LogP contribution in [-0.4, -0.2) is 24.0 Å². The van der Waals surface area contributed by atoms with E-state index in [-0.39, 0.29) is 11.5 Å². The van der Waals surface area contributed by atoms with Crippen LogP contribution in [0.5, 0.6) is 11.5 Å². The van der Waals surface area contributed by atoms with Gasteiger partial charge in [0.1, 0.15) is 18.2 Å². The molecule has 3 aromatic carbocycles. The van der Waals surface area contributed by atoms with Crippen LogP contribution in [0.3, 0.4) is 0 Å². The lowest BCUT2D eigenvalue weighted by molar-refractivity contribution is 0.0949. The quantitative estimate of drug-likeness (QED) is 0.323. The highest BCUT2D eigenvalue weighted by atomic mass is 35.5. The molecule has 34 heavy (non-hydrogen) atoms. The minimum absolute atomic E-state index is 0.161. The Bertz CT molecular complexity index is 1350. The van der Waals surface area contributed by atoms with Crippen LogP contribution < -0.4 is 9.47 Å². The molecule has 0 saturated carbocycles. The minimum atomic E-state index is -0.161. The van der Waals surface area contributed by atoms with E-state index in [1.54, 1.807) is 30.3 Å². The van der Waals surface area contributed by atoms with Crippen molar-refractivity contribution in [3.63, 3.8) is 0 Å². The number of hydrogen-bond acceptors (Lipinski definition) is 4. The van der Waals surface area contributed by atoms with E-state index in [0.29, 0.717) is 44.7 Å². The van der Waals surface area contributed by atoms with Crippen molar-refractivity contribution in [3.05, 3.63) is 96.1 Å². The van der Waals surface area contributed by atoms with E-state index >= 15 is 0 Å². The first-order valence-corrected chi connectivity index (χ1v) is 12.2. The maximum Gasteiger partial charge on any atom is 0.232 e. The summed E-state index contributed by atoms with van der Waals surface area (Å²) in [5.74, 6) is 1.38. The van der Waals surface area contributed by atoms with Crippen molar-refractivity contribution in [3.8, 4) is 11.5 Å². The van der Waals surface area contributed by atoms with Gasteiger partial charge < -0.3 is 9.47 Å². The molecule has 2 heterocycles. The number of halogens is 4. The Balaban J connectivity index is 1.40. The summed E-state index contributed by atoms with van der Waals surface area (Å²) in [7, 11) is 0. The van der Waals surface area contributed by atoms with Crippen LogP contribution in [0.15, 0.2) is 48.2 Å². The summed E-state index contributed by atoms with van der Waals surface area (Å²) in [6, 6.07) is 12.6. The summed E-state index contributed by atoms with van der Waals surface area (Å²) in [4.78, 5) is 15.3. The Kier molecular flexibility index (Phi) is 6.54. The Morgan fingerprint density at radius 2 is 1.82 bits per heavy atom. The highest BCUT2D eigenvalue weighted by molar-refractivity contribution is 6.42. The number of Topliss-reactive ketones (excluding diaryl/α,β-unsaturated/α-hetero) is 1. The van der Waals surface area contributed by atoms with Crippen molar-refractivity contribution in [2.45, 2.75) is 19.9 Å². The molecular formula is C26H19Cl4NO3. The lowest BCUT2D eigenvalue weighted by Gasteiger charge is -2.30. The lowest BCUT2D eigenvalue weighted by Crippen LogP contribution is -2.34. The van der Waals surface area contributed by atoms with Crippen molar-refractivity contribution in [2.24, 2.45) is 0 Å². The molecule has 2 aliphatic rings. The minimum Gasteiger partial charge on any atom is -0.478 e. The average Bonchev–Trinajstić information content (AvgIpc) is 3.13. The molecule has 0 unspecified atom stereocenters. The van der Waals surface area contributed by atoms with Gasteiger partial charge in [-0.25, -0.2) is 0 Å². The van der Waals surface area contributed by atoms with Crippen molar-refractivity contribution in [2.75, 3.05) is 13.3 Å². The fourth-order valence-electron chi connectivity index (χ4n) is 4.18. The topological polar surface area (TPSA) is 38.8 Å². The van der Waals surface area contributed by atoms with Crippen LogP contribution in [-0.2, 0) is 13.0 Å². The molecule has 0 saturated heterocycles. The van der Waals surface area contributed by atoms with E-state index in [2.05, 4.69) is 4.90 Å². The second kappa shape index (κ2) is 9.44. The van der Waals surface area contributed by atoms with Gasteiger partial charge >= 0.3 is 0 Å². The van der Waals surface area contributed by atoms with Gasteiger partial charge in [-0.3, -0.25) is 9.69 Å². The highest BCUT2D eigenvalue weighted by Crippen LogP contribution is 2.44. The van der Waals surface area contributed by atoms with Gasteiger partial charge in [-0.15, -0.1) is 0 Å². The molecular weight excluding hydrogens is 516 g/mol. The largest absolute Gasteiger partial charge is 0.478 e. The number of hydrogen-bond donors (Lipinski definition) is 0. The van der Waals surface area contributed by atoms with Crippen LogP contribution in [0, 0.1) is 6.92 Å². The molecule has 0 bridgehead atoms. The van der Waals surface area contributed by atoms with Gasteiger partial charge in [0.2, 0.25) is 5.78 Å². The standard InChI is InChI=1S/C26H19Cl4NO3/c1-14-8-22-18(12-31(13-33-22)7-6-16-3-4-17(27)11-20(16)29)26-24(14)25(32)23(34-26)10-15-2-5-19(28)21(30)9-15/h2-5,8-11H,6-7,12-13H2,1H3/b23-10+. The Labute approximate surface area is 217 Å². The van der Waals surface area contributed by atoms with Crippen molar-refractivity contribution >= 4 is 58.3 Å². The van der Waals surface area contributed by atoms with E-state index < -0.39 is 0 Å². The highest BCUT2D eigenvalue weighted by Gasteiger charge is 2.35. The predicted octanol–water partition coefficient (Wildman–Crippen LogP) is 7.62. The number of ketones is 1. The smallest absolute Gasteiger partial charge is 0.232 e. The van der Waals surface area contributed by atoms with Gasteiger partial charge in [-0.2, -0.15) is 0 Å². The molecule has 0 spiro atoms. The Morgan fingerprint density at radius 1 is 1.00 bits per heavy atom. The molecule has 3 aromatic rings. The summed E-state index contributed by atoms with van der Waals surface area (Å²) in [5, 5.41) is 2.12. The van der Waals surface area contributed by atoms with E-state index in [4.69, 9.17) is 55.9 Å². The molecule has 0 aliphatic carbocycles. The lowest BCUT2D eigenvalue weighted by atomic mass is 9.98. The summed E-state index contributed by atoms with van der Waals surface area (Å²) in [6.45, 7) is 3.65. The summed E-state index contributed by atoms with van der Waals surface area (Å²) in [5.41, 5.74) is 3.99. The van der Waals surface area contributed by atoms with E-state index in [1.807, 2.05) is 25.1 Å². The first kappa shape index (κ1) is 23.5. The van der Waals surface area contributed by atoms with Crippen molar-refractivity contribution in [1.29, 1.82) is 0 Å². The van der Waals surface area contributed by atoms with E-state index in [1.165, 1.54) is 0 Å². The zero-order valence-corrected chi connectivity index (χ0v) is 21.2. The number of nitrogens with zero attached hydrogens (tertiary/aromatic N) is 1. The maximum absolute atomic E-state index is 13.2.